The van der Waals surface area contributed by atoms with Crippen LogP contribution in [0.15, 0.2) is 36.5 Å². The molecule has 0 bridgehead atoms. The Hall–Kier alpha value is -3.53. The number of rotatable bonds is 6. The van der Waals surface area contributed by atoms with Crippen LogP contribution in [0.2, 0.25) is 0 Å². The smallest absolute Gasteiger partial charge is 0.259 e. The van der Waals surface area contributed by atoms with Gasteiger partial charge >= 0.3 is 0 Å². The fraction of sp³-hybridized carbons (Fsp3) is 0.357. The molecule has 3 aliphatic heterocycles. The van der Waals surface area contributed by atoms with E-state index >= 15 is 4.39 Å². The molecule has 8 nitrogen and oxygen atoms in total. The maximum Gasteiger partial charge on any atom is 0.259 e. The highest BCUT2D eigenvalue weighted by molar-refractivity contribution is 6.50. The molecule has 4 heterocycles. The Bertz CT molecular complexity index is 1450. The van der Waals surface area contributed by atoms with Gasteiger partial charge in [-0.1, -0.05) is 24.3 Å². The number of carbonyl (C=O) groups is 2. The number of imide groups is 1. The molecule has 37 heavy (non-hydrogen) atoms. The first-order valence-corrected chi connectivity index (χ1v) is 12.5. The van der Waals surface area contributed by atoms with Crippen LogP contribution in [0.1, 0.15) is 47.4 Å². The number of hydrogen-bond donors (Lipinski definition) is 2. The van der Waals surface area contributed by atoms with E-state index in [-0.39, 0.29) is 22.8 Å². The maximum absolute atomic E-state index is 15.3. The van der Waals surface area contributed by atoms with Gasteiger partial charge in [-0.2, -0.15) is 0 Å². The predicted molar refractivity (Wildman–Crippen MR) is 135 cm³/mol. The van der Waals surface area contributed by atoms with Gasteiger partial charge in [0.05, 0.1) is 28.8 Å². The average Bonchev–Trinajstić information content (AvgIpc) is 3.61. The van der Waals surface area contributed by atoms with Gasteiger partial charge in [-0.05, 0) is 37.6 Å². The second-order valence-electron chi connectivity index (χ2n) is 9.52. The Morgan fingerprint density at radius 2 is 1.81 bits per heavy atom. The number of fused-ring (bicyclic) bond motifs is 2. The van der Waals surface area contributed by atoms with Gasteiger partial charge < -0.3 is 24.1 Å². The number of carbonyl (C=O) groups excluding carboxylic acids is 2. The minimum atomic E-state index is -0.631. The third-order valence-corrected chi connectivity index (χ3v) is 7.52. The van der Waals surface area contributed by atoms with Crippen molar-refractivity contribution in [3.05, 3.63) is 64.6 Å². The van der Waals surface area contributed by atoms with E-state index in [1.165, 1.54) is 6.07 Å². The van der Waals surface area contributed by atoms with Crippen LogP contribution < -0.4 is 15.4 Å². The van der Waals surface area contributed by atoms with Crippen molar-refractivity contribution in [1.82, 2.24) is 15.2 Å². The van der Waals surface area contributed by atoms with E-state index in [4.69, 9.17) is 14.2 Å². The highest BCUT2D eigenvalue weighted by Gasteiger charge is 2.38. The normalized spacial score (nSPS) is 18.2. The van der Waals surface area contributed by atoms with Crippen LogP contribution in [0, 0.1) is 5.82 Å². The molecular weight excluding hydrogens is 477 g/mol. The second kappa shape index (κ2) is 9.41. The number of halogens is 1. The minimum Gasteiger partial charge on any atom is -0.492 e. The first-order chi connectivity index (χ1) is 18.0. The number of para-hydroxylation sites is 1. The molecule has 1 saturated heterocycles. The lowest BCUT2D eigenvalue weighted by Gasteiger charge is -2.26. The summed E-state index contributed by atoms with van der Waals surface area (Å²) in [6.45, 7) is 2.13. The molecule has 0 atom stereocenters. The quantitative estimate of drug-likeness (QED) is 0.394. The highest BCUT2D eigenvalue weighted by atomic mass is 19.1. The number of amides is 2. The third kappa shape index (κ3) is 3.77. The van der Waals surface area contributed by atoms with Crippen molar-refractivity contribution in [2.75, 3.05) is 33.9 Å². The Labute approximate surface area is 213 Å². The molecule has 2 aromatic carbocycles. The lowest BCUT2D eigenvalue weighted by Crippen LogP contribution is -2.29. The molecule has 192 valence electrons. The van der Waals surface area contributed by atoms with Gasteiger partial charge in [0, 0.05) is 49.4 Å². The Kier molecular flexibility index (Phi) is 6.06. The summed E-state index contributed by atoms with van der Waals surface area (Å²) in [6.07, 6.45) is 3.71. The number of hydrogen-bond acceptors (Lipinski definition) is 6. The van der Waals surface area contributed by atoms with Crippen LogP contribution in [-0.2, 0) is 25.5 Å². The largest absolute Gasteiger partial charge is 0.492 e. The molecule has 6 rings (SSSR count). The molecular formula is C28H28FN3O5. The van der Waals surface area contributed by atoms with Crippen molar-refractivity contribution in [2.45, 2.75) is 31.6 Å². The maximum atomic E-state index is 15.3. The van der Waals surface area contributed by atoms with E-state index < -0.39 is 23.9 Å². The molecule has 3 aromatic rings. The van der Waals surface area contributed by atoms with Crippen molar-refractivity contribution >= 4 is 33.9 Å². The Morgan fingerprint density at radius 3 is 2.57 bits per heavy atom. The fourth-order valence-corrected chi connectivity index (χ4v) is 5.86. The third-order valence-electron chi connectivity index (χ3n) is 7.52. The Balaban J connectivity index is 1.65. The van der Waals surface area contributed by atoms with Crippen molar-refractivity contribution < 1.29 is 28.2 Å². The topological polar surface area (TPSA) is 90.8 Å². The summed E-state index contributed by atoms with van der Waals surface area (Å²) in [5.74, 6) is -1.45. The molecule has 2 N–H and O–H groups in total. The fourth-order valence-electron chi connectivity index (χ4n) is 5.86. The van der Waals surface area contributed by atoms with Gasteiger partial charge in [0.25, 0.3) is 11.8 Å². The van der Waals surface area contributed by atoms with E-state index in [1.807, 2.05) is 24.4 Å². The number of aromatic nitrogens is 1. The monoisotopic (exact) mass is 505 g/mol. The number of nitrogens with one attached hydrogen (secondary N) is 2. The minimum absolute atomic E-state index is 0.00560. The molecule has 9 heteroatoms. The van der Waals surface area contributed by atoms with E-state index in [9.17, 15) is 9.59 Å². The molecule has 1 fully saturated rings. The van der Waals surface area contributed by atoms with Crippen LogP contribution in [0.5, 0.6) is 5.75 Å². The van der Waals surface area contributed by atoms with Gasteiger partial charge in [0.1, 0.15) is 11.6 Å². The van der Waals surface area contributed by atoms with Crippen molar-refractivity contribution in [2.24, 2.45) is 0 Å². The zero-order valence-corrected chi connectivity index (χ0v) is 20.7. The number of nitrogens with zero attached hydrogens (tertiary/aromatic N) is 1. The zero-order chi connectivity index (χ0) is 25.7. The summed E-state index contributed by atoms with van der Waals surface area (Å²) in [7, 11) is 3.16. The predicted octanol–water partition coefficient (Wildman–Crippen LogP) is 3.50. The summed E-state index contributed by atoms with van der Waals surface area (Å²) >= 11 is 0. The summed E-state index contributed by atoms with van der Waals surface area (Å²) in [4.78, 5) is 26.5. The summed E-state index contributed by atoms with van der Waals surface area (Å²) in [6, 6.07) is 8.89. The van der Waals surface area contributed by atoms with Gasteiger partial charge in [-0.15, -0.1) is 0 Å². The summed E-state index contributed by atoms with van der Waals surface area (Å²) in [5.41, 5.74) is 3.26. The molecule has 0 radical (unpaired) electrons. The summed E-state index contributed by atoms with van der Waals surface area (Å²) < 4.78 is 34.4. The van der Waals surface area contributed by atoms with Gasteiger partial charge in [0.15, 0.2) is 6.29 Å². The van der Waals surface area contributed by atoms with Crippen LogP contribution in [0.3, 0.4) is 0 Å². The number of methoxy groups -OCH3 is 2. The standard InChI is InChI=1S/C28H28FN3O5/c1-35-28(36-2)18-5-3-4-17-19(14-32(24(17)18)16-8-11-30-12-9-16)21-23(27(34)31-26(21)33)22-20(29)7-6-15-10-13-37-25(15)22/h3-7,14,16,28,30H,8-13H2,1-2H3,(H,31,33,34). The zero-order valence-electron chi connectivity index (χ0n) is 20.7. The molecule has 0 aliphatic carbocycles. The second-order valence-corrected chi connectivity index (χ2v) is 9.52. The molecule has 2 amide bonds. The SMILES string of the molecule is COC(OC)c1cccc2c(C3=C(c4c(F)ccc5c4OCC5)C(=O)NC3=O)cn(C3CCNCC3)c12. The number of benzene rings is 2. The lowest BCUT2D eigenvalue weighted by atomic mass is 9.93. The van der Waals surface area contributed by atoms with Crippen LogP contribution in [0.4, 0.5) is 4.39 Å². The van der Waals surface area contributed by atoms with E-state index in [2.05, 4.69) is 15.2 Å². The Morgan fingerprint density at radius 1 is 1.05 bits per heavy atom. The molecule has 1 aromatic heterocycles. The number of ether oxygens (including phenoxy) is 3. The van der Waals surface area contributed by atoms with Crippen LogP contribution >= 0.6 is 0 Å². The van der Waals surface area contributed by atoms with Crippen LogP contribution in [-0.4, -0.2) is 50.3 Å². The molecule has 0 spiro atoms. The first-order valence-electron chi connectivity index (χ1n) is 12.5. The van der Waals surface area contributed by atoms with Crippen molar-refractivity contribution in [1.29, 1.82) is 0 Å². The highest BCUT2D eigenvalue weighted by Crippen LogP contribution is 2.44. The molecule has 0 saturated carbocycles. The van der Waals surface area contributed by atoms with Crippen molar-refractivity contribution in [3.8, 4) is 5.75 Å². The summed E-state index contributed by atoms with van der Waals surface area (Å²) in [5, 5.41) is 6.56. The van der Waals surface area contributed by atoms with Gasteiger partial charge in [0.2, 0.25) is 0 Å². The van der Waals surface area contributed by atoms with E-state index in [0.717, 1.165) is 48.0 Å². The molecule has 3 aliphatic rings. The first kappa shape index (κ1) is 23.8. The van der Waals surface area contributed by atoms with Gasteiger partial charge in [-0.25, -0.2) is 4.39 Å². The van der Waals surface area contributed by atoms with E-state index in [0.29, 0.717) is 24.3 Å². The van der Waals surface area contributed by atoms with Crippen molar-refractivity contribution in [3.63, 3.8) is 0 Å². The molecule has 0 unspecified atom stereocenters. The average molecular weight is 506 g/mol. The lowest BCUT2D eigenvalue weighted by molar-refractivity contribution is -0.122. The van der Waals surface area contributed by atoms with E-state index in [1.54, 1.807) is 20.3 Å². The number of piperidine rings is 1. The van der Waals surface area contributed by atoms with Gasteiger partial charge in [-0.3, -0.25) is 14.9 Å². The van der Waals surface area contributed by atoms with Crippen LogP contribution in [0.25, 0.3) is 22.0 Å².